The van der Waals surface area contributed by atoms with Crippen molar-refractivity contribution >= 4 is 28.2 Å². The summed E-state index contributed by atoms with van der Waals surface area (Å²) in [5, 5.41) is 7.04. The molecule has 0 radical (unpaired) electrons. The van der Waals surface area contributed by atoms with E-state index in [9.17, 15) is 13.6 Å². The van der Waals surface area contributed by atoms with Crippen LogP contribution < -0.4 is 10.6 Å². The van der Waals surface area contributed by atoms with Gasteiger partial charge in [-0.1, -0.05) is 18.2 Å². The number of nitrogens with zero attached hydrogens (tertiary/aromatic N) is 1. The largest absolute Gasteiger partial charge is 0.370 e. The Hall–Kier alpha value is -4.52. The molecule has 1 atom stereocenters. The summed E-state index contributed by atoms with van der Waals surface area (Å²) in [4.78, 5) is 20.6. The minimum Gasteiger partial charge on any atom is -0.370 e. The number of H-pyrrole nitrogens is 1. The van der Waals surface area contributed by atoms with Crippen LogP contribution in [0.3, 0.4) is 0 Å². The standard InChI is InChI=1S/C28H22F2N4O/c1-17-26(27(25-8-4-5-15-31-25)34-24-7-3-2-6-22(24)30)21-16-20(13-14-23(21)32-17)33-28(35)18-9-11-19(29)12-10-18/h2-16,27,32,34H,1H3,(H,33,35). The SMILES string of the molecule is Cc1[nH]c2ccc(NC(=O)c3ccc(F)cc3)cc2c1C(Nc1ccccc1F)c1ccccn1. The third kappa shape index (κ3) is 4.61. The minimum absolute atomic E-state index is 0.344. The van der Waals surface area contributed by atoms with Crippen LogP contribution in [-0.4, -0.2) is 15.9 Å². The molecular weight excluding hydrogens is 446 g/mol. The average molecular weight is 469 g/mol. The van der Waals surface area contributed by atoms with Gasteiger partial charge in [-0.3, -0.25) is 9.78 Å². The maximum atomic E-state index is 14.6. The van der Waals surface area contributed by atoms with Crippen molar-refractivity contribution in [2.45, 2.75) is 13.0 Å². The van der Waals surface area contributed by atoms with Gasteiger partial charge in [0.25, 0.3) is 5.91 Å². The summed E-state index contributed by atoms with van der Waals surface area (Å²) >= 11 is 0. The average Bonchev–Trinajstić information content (AvgIpc) is 3.19. The molecule has 2 aromatic heterocycles. The molecule has 3 aromatic carbocycles. The third-order valence-corrected chi connectivity index (χ3v) is 5.85. The fourth-order valence-corrected chi connectivity index (χ4v) is 4.18. The second-order valence-electron chi connectivity index (χ2n) is 8.20. The molecular formula is C28H22F2N4O. The Balaban J connectivity index is 1.56. The lowest BCUT2D eigenvalue weighted by Crippen LogP contribution is -2.15. The van der Waals surface area contributed by atoms with Gasteiger partial charge in [-0.05, 0) is 73.7 Å². The van der Waals surface area contributed by atoms with E-state index in [1.54, 1.807) is 30.5 Å². The number of anilines is 2. The highest BCUT2D eigenvalue weighted by Gasteiger charge is 2.23. The summed E-state index contributed by atoms with van der Waals surface area (Å²) in [7, 11) is 0. The van der Waals surface area contributed by atoms with Gasteiger partial charge in [0.15, 0.2) is 0 Å². The summed E-state index contributed by atoms with van der Waals surface area (Å²) in [6.07, 6.45) is 1.70. The molecule has 0 spiro atoms. The van der Waals surface area contributed by atoms with Crippen LogP contribution in [0.1, 0.15) is 33.4 Å². The van der Waals surface area contributed by atoms with Crippen LogP contribution in [0.25, 0.3) is 10.9 Å². The quantitative estimate of drug-likeness (QED) is 0.263. The number of hydrogen-bond acceptors (Lipinski definition) is 3. The second kappa shape index (κ2) is 9.38. The molecule has 0 saturated carbocycles. The van der Waals surface area contributed by atoms with Crippen LogP contribution >= 0.6 is 0 Å². The number of carbonyl (C=O) groups excluding carboxylic acids is 1. The zero-order chi connectivity index (χ0) is 24.4. The van der Waals surface area contributed by atoms with Crippen LogP contribution in [0.2, 0.25) is 0 Å². The first kappa shape index (κ1) is 22.3. The number of amides is 1. The van der Waals surface area contributed by atoms with Crippen LogP contribution in [0.4, 0.5) is 20.2 Å². The Labute approximate surface area is 200 Å². The highest BCUT2D eigenvalue weighted by molar-refractivity contribution is 6.05. The first-order valence-corrected chi connectivity index (χ1v) is 11.1. The number of aromatic amines is 1. The summed E-state index contributed by atoms with van der Waals surface area (Å²) in [6, 6.07) is 22.6. The van der Waals surface area contributed by atoms with E-state index in [4.69, 9.17) is 0 Å². The number of halogens is 2. The Morgan fingerprint density at radius 1 is 0.943 bits per heavy atom. The molecule has 3 N–H and O–H groups in total. The number of para-hydroxylation sites is 1. The third-order valence-electron chi connectivity index (χ3n) is 5.85. The van der Waals surface area contributed by atoms with E-state index in [2.05, 4.69) is 20.6 Å². The van der Waals surface area contributed by atoms with Crippen molar-refractivity contribution in [3.8, 4) is 0 Å². The molecule has 5 aromatic rings. The monoisotopic (exact) mass is 468 g/mol. The van der Waals surface area contributed by atoms with Crippen molar-refractivity contribution in [2.75, 3.05) is 10.6 Å². The van der Waals surface area contributed by atoms with Gasteiger partial charge in [-0.15, -0.1) is 0 Å². The fourth-order valence-electron chi connectivity index (χ4n) is 4.18. The number of aromatic nitrogens is 2. The highest BCUT2D eigenvalue weighted by Crippen LogP contribution is 2.35. The highest BCUT2D eigenvalue weighted by atomic mass is 19.1. The van der Waals surface area contributed by atoms with Gasteiger partial charge in [0.1, 0.15) is 11.6 Å². The molecule has 0 bridgehead atoms. The number of pyridine rings is 1. The summed E-state index contributed by atoms with van der Waals surface area (Å²) < 4.78 is 27.8. The van der Waals surface area contributed by atoms with Crippen molar-refractivity contribution in [3.63, 3.8) is 0 Å². The molecule has 0 aliphatic rings. The normalized spacial score (nSPS) is 11.9. The number of carbonyl (C=O) groups is 1. The van der Waals surface area contributed by atoms with E-state index < -0.39 is 11.9 Å². The van der Waals surface area contributed by atoms with E-state index >= 15 is 0 Å². The number of hydrogen-bond donors (Lipinski definition) is 3. The van der Waals surface area contributed by atoms with Crippen molar-refractivity contribution < 1.29 is 13.6 Å². The van der Waals surface area contributed by atoms with Crippen molar-refractivity contribution in [1.29, 1.82) is 0 Å². The molecule has 0 aliphatic carbocycles. The van der Waals surface area contributed by atoms with Crippen LogP contribution in [-0.2, 0) is 0 Å². The second-order valence-corrected chi connectivity index (χ2v) is 8.20. The number of rotatable bonds is 6. The van der Waals surface area contributed by atoms with E-state index in [1.807, 2.05) is 37.3 Å². The molecule has 1 amide bonds. The smallest absolute Gasteiger partial charge is 0.255 e. The van der Waals surface area contributed by atoms with Gasteiger partial charge < -0.3 is 15.6 Å². The fraction of sp³-hybridized carbons (Fsp3) is 0.0714. The number of aryl methyl sites for hydroxylation is 1. The predicted octanol–water partition coefficient (Wildman–Crippen LogP) is 6.60. The molecule has 2 heterocycles. The molecule has 0 saturated heterocycles. The molecule has 7 heteroatoms. The number of fused-ring (bicyclic) bond motifs is 1. The van der Waals surface area contributed by atoms with E-state index in [-0.39, 0.29) is 11.7 Å². The van der Waals surface area contributed by atoms with Crippen molar-refractivity contribution in [3.05, 3.63) is 125 Å². The maximum absolute atomic E-state index is 14.6. The van der Waals surface area contributed by atoms with Gasteiger partial charge in [0.2, 0.25) is 0 Å². The minimum atomic E-state index is -0.454. The maximum Gasteiger partial charge on any atom is 0.255 e. The number of nitrogens with one attached hydrogen (secondary N) is 3. The Bertz CT molecular complexity index is 1500. The predicted molar refractivity (Wildman–Crippen MR) is 133 cm³/mol. The Kier molecular flexibility index (Phi) is 5.97. The summed E-state index contributed by atoms with van der Waals surface area (Å²) in [5.74, 6) is -1.11. The van der Waals surface area contributed by atoms with Gasteiger partial charge in [0.05, 0.1) is 17.4 Å². The first-order valence-electron chi connectivity index (χ1n) is 11.1. The molecule has 35 heavy (non-hydrogen) atoms. The zero-order valence-electron chi connectivity index (χ0n) is 18.8. The van der Waals surface area contributed by atoms with Crippen molar-refractivity contribution in [2.24, 2.45) is 0 Å². The van der Waals surface area contributed by atoms with E-state index in [1.165, 1.54) is 30.3 Å². The van der Waals surface area contributed by atoms with Gasteiger partial charge >= 0.3 is 0 Å². The van der Waals surface area contributed by atoms with Crippen molar-refractivity contribution in [1.82, 2.24) is 9.97 Å². The molecule has 0 fully saturated rings. The molecule has 174 valence electrons. The van der Waals surface area contributed by atoms with Crippen LogP contribution in [0.15, 0.2) is 91.1 Å². The van der Waals surface area contributed by atoms with Gasteiger partial charge in [-0.25, -0.2) is 8.78 Å². The molecule has 5 nitrogen and oxygen atoms in total. The lowest BCUT2D eigenvalue weighted by Gasteiger charge is -2.21. The van der Waals surface area contributed by atoms with Crippen LogP contribution in [0, 0.1) is 18.6 Å². The summed E-state index contributed by atoms with van der Waals surface area (Å²) in [6.45, 7) is 1.95. The number of benzene rings is 3. The topological polar surface area (TPSA) is 69.8 Å². The van der Waals surface area contributed by atoms with Crippen LogP contribution in [0.5, 0.6) is 0 Å². The van der Waals surface area contributed by atoms with E-state index in [0.29, 0.717) is 16.9 Å². The Morgan fingerprint density at radius 2 is 1.71 bits per heavy atom. The van der Waals surface area contributed by atoms with Gasteiger partial charge in [-0.2, -0.15) is 0 Å². The van der Waals surface area contributed by atoms with E-state index in [0.717, 1.165) is 27.9 Å². The first-order chi connectivity index (χ1) is 17.0. The molecule has 5 rings (SSSR count). The lowest BCUT2D eigenvalue weighted by molar-refractivity contribution is 0.102. The molecule has 1 unspecified atom stereocenters. The Morgan fingerprint density at radius 3 is 2.46 bits per heavy atom. The zero-order valence-corrected chi connectivity index (χ0v) is 18.8. The molecule has 0 aliphatic heterocycles. The lowest BCUT2D eigenvalue weighted by atomic mass is 9.98. The summed E-state index contributed by atoms with van der Waals surface area (Å²) in [5.41, 5.74) is 4.66. The van der Waals surface area contributed by atoms with Gasteiger partial charge in [0, 0.05) is 39.6 Å².